The number of fused-ring (bicyclic) bond motifs is 1. The molecule has 0 aliphatic rings. The predicted octanol–water partition coefficient (Wildman–Crippen LogP) is 7.05. The maximum absolute atomic E-state index is 13.5. The normalized spacial score (nSPS) is 15.2. The summed E-state index contributed by atoms with van der Waals surface area (Å²) in [5.74, 6) is 1.23. The molecule has 0 spiro atoms. The number of unbranched alkanes of at least 4 members (excludes halogenated alkanes) is 2. The number of para-hydroxylation sites is 1. The third-order valence-electron chi connectivity index (χ3n) is 5.67. The number of hydrogen-bond acceptors (Lipinski definition) is 3. The van der Waals surface area contributed by atoms with Gasteiger partial charge in [0.15, 0.2) is 15.3 Å². The van der Waals surface area contributed by atoms with Crippen LogP contribution in [0.4, 0.5) is 0 Å². The van der Waals surface area contributed by atoms with Crippen molar-refractivity contribution in [2.45, 2.75) is 83.4 Å². The Bertz CT molecular complexity index is 664. The Labute approximate surface area is 178 Å². The van der Waals surface area contributed by atoms with E-state index in [0.29, 0.717) is 11.8 Å². The first kappa shape index (κ1) is 23.5. The molecule has 5 heteroatoms. The lowest BCUT2D eigenvalue weighted by atomic mass is 9.97. The zero-order valence-electron chi connectivity index (χ0n) is 18.2. The molecular weight excluding hydrogens is 384 g/mol. The molecule has 0 saturated carbocycles. The molecule has 2 aromatic rings. The third-order valence-corrected chi connectivity index (χ3v) is 8.33. The highest BCUT2D eigenvalue weighted by Gasteiger charge is 2.24. The average Bonchev–Trinajstić information content (AvgIpc) is 3.16. The summed E-state index contributed by atoms with van der Waals surface area (Å²) in [6.07, 6.45) is 9.73. The lowest BCUT2D eigenvalue weighted by molar-refractivity contribution is 0.280. The molecule has 1 aromatic carbocycles. The minimum atomic E-state index is -1.17. The molecular formula is C23H38N2OS2. The Morgan fingerprint density at radius 2 is 1.54 bits per heavy atom. The Balaban J connectivity index is 2.20. The van der Waals surface area contributed by atoms with Crippen molar-refractivity contribution in [3.8, 4) is 0 Å². The first-order valence-electron chi connectivity index (χ1n) is 11.1. The molecule has 0 fully saturated rings. The Kier molecular flexibility index (Phi) is 10.7. The van der Waals surface area contributed by atoms with Gasteiger partial charge < -0.3 is 0 Å². The van der Waals surface area contributed by atoms with Gasteiger partial charge in [0.2, 0.25) is 0 Å². The number of thiazole rings is 1. The van der Waals surface area contributed by atoms with Gasteiger partial charge >= 0.3 is 0 Å². The summed E-state index contributed by atoms with van der Waals surface area (Å²) < 4.78 is 17.7. The van der Waals surface area contributed by atoms with Crippen LogP contribution in [0.25, 0.3) is 10.2 Å². The fourth-order valence-electron chi connectivity index (χ4n) is 3.66. The van der Waals surface area contributed by atoms with Crippen molar-refractivity contribution < 1.29 is 4.21 Å². The van der Waals surface area contributed by atoms with Crippen molar-refractivity contribution in [2.75, 3.05) is 13.1 Å². The standard InChI is InChI=1S/C23H38N2OS2/c1-5-9-13-19(7-3)17-25(18-20(8-4)14-10-6-2)28(26)23-24-21-15-11-12-16-22(21)27-23/h11-12,15-16,19-20H,5-10,13-14,17-18H2,1-4H3. The van der Waals surface area contributed by atoms with E-state index >= 15 is 0 Å². The minimum absolute atomic E-state index is 0.613. The fraction of sp³-hybridized carbons (Fsp3) is 0.696. The lowest BCUT2D eigenvalue weighted by Gasteiger charge is -2.28. The highest BCUT2D eigenvalue weighted by molar-refractivity contribution is 7.85. The highest BCUT2D eigenvalue weighted by atomic mass is 32.2. The molecule has 3 nitrogen and oxygen atoms in total. The lowest BCUT2D eigenvalue weighted by Crippen LogP contribution is -2.35. The molecule has 2 rings (SSSR count). The van der Waals surface area contributed by atoms with E-state index in [1.54, 1.807) is 11.3 Å². The molecule has 28 heavy (non-hydrogen) atoms. The van der Waals surface area contributed by atoms with Crippen molar-refractivity contribution >= 4 is 32.5 Å². The van der Waals surface area contributed by atoms with Gasteiger partial charge in [0.05, 0.1) is 10.2 Å². The van der Waals surface area contributed by atoms with Crippen LogP contribution in [-0.2, 0) is 11.0 Å². The van der Waals surface area contributed by atoms with Gasteiger partial charge in [-0.1, -0.05) is 78.4 Å². The summed E-state index contributed by atoms with van der Waals surface area (Å²) in [7, 11) is -1.17. The SMILES string of the molecule is CCCCC(CC)CN(CC(CC)CCCC)S(=O)c1nc2ccccc2s1. The van der Waals surface area contributed by atoms with Crippen LogP contribution in [0.15, 0.2) is 28.6 Å². The topological polar surface area (TPSA) is 33.2 Å². The molecule has 158 valence electrons. The molecule has 0 bridgehead atoms. The van der Waals surface area contributed by atoms with Crippen LogP contribution in [0.5, 0.6) is 0 Å². The van der Waals surface area contributed by atoms with E-state index in [1.807, 2.05) is 18.2 Å². The number of benzene rings is 1. The maximum atomic E-state index is 13.5. The maximum Gasteiger partial charge on any atom is 0.197 e. The Morgan fingerprint density at radius 1 is 0.964 bits per heavy atom. The van der Waals surface area contributed by atoms with Gasteiger partial charge in [0, 0.05) is 13.1 Å². The van der Waals surface area contributed by atoms with Crippen LogP contribution in [-0.4, -0.2) is 26.6 Å². The fourth-order valence-corrected chi connectivity index (χ4v) is 6.31. The molecule has 3 unspecified atom stereocenters. The van der Waals surface area contributed by atoms with Gasteiger partial charge in [-0.25, -0.2) is 13.5 Å². The largest absolute Gasteiger partial charge is 0.235 e. The van der Waals surface area contributed by atoms with Crippen molar-refractivity contribution in [2.24, 2.45) is 11.8 Å². The van der Waals surface area contributed by atoms with Crippen LogP contribution < -0.4 is 0 Å². The summed E-state index contributed by atoms with van der Waals surface area (Å²) >= 11 is 1.59. The van der Waals surface area contributed by atoms with Crippen LogP contribution >= 0.6 is 11.3 Å². The molecule has 0 N–H and O–H groups in total. The zero-order chi connectivity index (χ0) is 20.4. The van der Waals surface area contributed by atoms with Crippen molar-refractivity contribution in [3.63, 3.8) is 0 Å². The van der Waals surface area contributed by atoms with Crippen molar-refractivity contribution in [1.82, 2.24) is 9.29 Å². The number of rotatable bonds is 14. The van der Waals surface area contributed by atoms with Gasteiger partial charge in [0.1, 0.15) is 0 Å². The van der Waals surface area contributed by atoms with Gasteiger partial charge in [-0.2, -0.15) is 0 Å². The van der Waals surface area contributed by atoms with Gasteiger partial charge in [-0.05, 0) is 36.8 Å². The second kappa shape index (κ2) is 12.7. The summed E-state index contributed by atoms with van der Waals surface area (Å²) in [4.78, 5) is 4.70. The molecule has 1 aromatic heterocycles. The second-order valence-corrected chi connectivity index (χ2v) is 10.6. The zero-order valence-corrected chi connectivity index (χ0v) is 19.8. The van der Waals surface area contributed by atoms with Gasteiger partial charge in [-0.15, -0.1) is 11.3 Å². The van der Waals surface area contributed by atoms with Gasteiger partial charge in [0.25, 0.3) is 0 Å². The van der Waals surface area contributed by atoms with E-state index in [4.69, 9.17) is 4.98 Å². The Hall–Kier alpha value is -0.780. The summed E-state index contributed by atoms with van der Waals surface area (Å²) in [6, 6.07) is 8.12. The first-order chi connectivity index (χ1) is 13.6. The molecule has 1 heterocycles. The quantitative estimate of drug-likeness (QED) is 0.327. The van der Waals surface area contributed by atoms with Crippen LogP contribution in [0.2, 0.25) is 0 Å². The van der Waals surface area contributed by atoms with Crippen LogP contribution in [0, 0.1) is 11.8 Å². The molecule has 0 aliphatic heterocycles. The van der Waals surface area contributed by atoms with E-state index in [0.717, 1.165) is 40.5 Å². The van der Waals surface area contributed by atoms with E-state index in [2.05, 4.69) is 38.1 Å². The molecule has 0 amide bonds. The number of aromatic nitrogens is 1. The molecule has 0 aliphatic carbocycles. The summed E-state index contributed by atoms with van der Waals surface area (Å²) in [5.41, 5.74) is 0.965. The molecule has 0 radical (unpaired) electrons. The second-order valence-electron chi connectivity index (χ2n) is 7.88. The number of nitrogens with zero attached hydrogens (tertiary/aromatic N) is 2. The first-order valence-corrected chi connectivity index (χ1v) is 13.1. The number of hydrogen-bond donors (Lipinski definition) is 0. The Morgan fingerprint density at radius 3 is 2.04 bits per heavy atom. The van der Waals surface area contributed by atoms with E-state index in [-0.39, 0.29) is 0 Å². The predicted molar refractivity (Wildman–Crippen MR) is 124 cm³/mol. The van der Waals surface area contributed by atoms with Crippen molar-refractivity contribution in [1.29, 1.82) is 0 Å². The molecule has 0 saturated heterocycles. The van der Waals surface area contributed by atoms with E-state index < -0.39 is 11.0 Å². The van der Waals surface area contributed by atoms with Crippen LogP contribution in [0.3, 0.4) is 0 Å². The van der Waals surface area contributed by atoms with Crippen LogP contribution in [0.1, 0.15) is 79.1 Å². The van der Waals surface area contributed by atoms with Crippen molar-refractivity contribution in [3.05, 3.63) is 24.3 Å². The summed E-state index contributed by atoms with van der Waals surface area (Å²) in [5, 5.41) is 0. The van der Waals surface area contributed by atoms with E-state index in [1.165, 1.54) is 38.5 Å². The van der Waals surface area contributed by atoms with E-state index in [9.17, 15) is 4.21 Å². The molecule has 3 atom stereocenters. The smallest absolute Gasteiger partial charge is 0.197 e. The minimum Gasteiger partial charge on any atom is -0.235 e. The summed E-state index contributed by atoms with van der Waals surface area (Å²) in [6.45, 7) is 10.9. The monoisotopic (exact) mass is 422 g/mol. The average molecular weight is 423 g/mol. The highest BCUT2D eigenvalue weighted by Crippen LogP contribution is 2.28. The third kappa shape index (κ3) is 6.93. The van der Waals surface area contributed by atoms with Gasteiger partial charge in [-0.3, -0.25) is 0 Å².